The van der Waals surface area contributed by atoms with Crippen LogP contribution >= 0.6 is 11.6 Å². The summed E-state index contributed by atoms with van der Waals surface area (Å²) >= 11 is 6.25. The number of halogens is 1. The molecule has 0 saturated heterocycles. The van der Waals surface area contributed by atoms with Gasteiger partial charge in [-0.25, -0.2) is 0 Å². The van der Waals surface area contributed by atoms with Gasteiger partial charge in [0.05, 0.1) is 24.3 Å². The summed E-state index contributed by atoms with van der Waals surface area (Å²) in [7, 11) is 3.38. The van der Waals surface area contributed by atoms with Crippen molar-refractivity contribution >= 4 is 11.6 Å². The lowest BCUT2D eigenvalue weighted by atomic mass is 10.1. The zero-order chi connectivity index (χ0) is 14.5. The van der Waals surface area contributed by atoms with Crippen molar-refractivity contribution < 1.29 is 14.6 Å². The first-order valence-electron chi connectivity index (χ1n) is 7.02. The molecule has 0 bridgehead atoms. The van der Waals surface area contributed by atoms with Crippen LogP contribution in [0.5, 0.6) is 11.5 Å². The standard InChI is InChI=1S/C15H22ClNO3/c1-17-9-13(18)11-7-14(19-2)15(8-12(11)16)20-10-5-3-4-6-10/h7-8,10,13,17-18H,3-6,9H2,1-2H3. The number of methoxy groups -OCH3 is 1. The van der Waals surface area contributed by atoms with Gasteiger partial charge in [0.25, 0.3) is 0 Å². The Balaban J connectivity index is 2.22. The van der Waals surface area contributed by atoms with Crippen molar-refractivity contribution in [3.63, 3.8) is 0 Å². The third kappa shape index (κ3) is 3.57. The molecule has 1 fully saturated rings. The molecule has 1 aliphatic rings. The van der Waals surface area contributed by atoms with Crippen molar-refractivity contribution in [3.05, 3.63) is 22.7 Å². The molecule has 5 heteroatoms. The molecule has 0 aliphatic heterocycles. The maximum absolute atomic E-state index is 10.1. The Kier molecular flexibility index (Phi) is 5.52. The van der Waals surface area contributed by atoms with Crippen molar-refractivity contribution in [2.75, 3.05) is 20.7 Å². The number of hydrogen-bond donors (Lipinski definition) is 2. The average molecular weight is 300 g/mol. The van der Waals surface area contributed by atoms with Crippen LogP contribution in [-0.4, -0.2) is 31.9 Å². The Hall–Kier alpha value is -0.970. The molecule has 1 aliphatic carbocycles. The summed E-state index contributed by atoms with van der Waals surface area (Å²) in [6.07, 6.45) is 4.14. The Morgan fingerprint density at radius 2 is 2.05 bits per heavy atom. The Morgan fingerprint density at radius 1 is 1.35 bits per heavy atom. The van der Waals surface area contributed by atoms with Crippen LogP contribution in [-0.2, 0) is 0 Å². The fraction of sp³-hybridized carbons (Fsp3) is 0.600. The summed E-state index contributed by atoms with van der Waals surface area (Å²) in [6.45, 7) is 0.436. The van der Waals surface area contributed by atoms with Crippen LogP contribution in [0.1, 0.15) is 37.4 Å². The normalized spacial score (nSPS) is 17.2. The van der Waals surface area contributed by atoms with E-state index in [1.165, 1.54) is 12.8 Å². The molecule has 0 heterocycles. The first-order chi connectivity index (χ1) is 9.65. The van der Waals surface area contributed by atoms with Gasteiger partial charge < -0.3 is 19.9 Å². The number of aliphatic hydroxyl groups excluding tert-OH is 1. The van der Waals surface area contributed by atoms with Crippen molar-refractivity contribution in [1.82, 2.24) is 5.32 Å². The van der Waals surface area contributed by atoms with Crippen LogP contribution in [0.4, 0.5) is 0 Å². The summed E-state index contributed by atoms with van der Waals surface area (Å²) in [5.74, 6) is 1.27. The van der Waals surface area contributed by atoms with Crippen molar-refractivity contribution in [2.45, 2.75) is 37.9 Å². The van der Waals surface area contributed by atoms with Gasteiger partial charge in [-0.2, -0.15) is 0 Å². The molecule has 2 rings (SSSR count). The molecule has 0 amide bonds. The molecule has 1 unspecified atom stereocenters. The first kappa shape index (κ1) is 15.4. The minimum Gasteiger partial charge on any atom is -0.493 e. The highest BCUT2D eigenvalue weighted by atomic mass is 35.5. The molecule has 0 radical (unpaired) electrons. The summed E-state index contributed by atoms with van der Waals surface area (Å²) < 4.78 is 11.3. The van der Waals surface area contributed by atoms with E-state index >= 15 is 0 Å². The van der Waals surface area contributed by atoms with Crippen molar-refractivity contribution in [3.8, 4) is 11.5 Å². The summed E-state index contributed by atoms with van der Waals surface area (Å²) in [5, 5.41) is 13.5. The second-order valence-electron chi connectivity index (χ2n) is 5.12. The van der Waals surface area contributed by atoms with Gasteiger partial charge in [0.1, 0.15) is 0 Å². The van der Waals surface area contributed by atoms with Crippen LogP contribution < -0.4 is 14.8 Å². The second-order valence-corrected chi connectivity index (χ2v) is 5.53. The highest BCUT2D eigenvalue weighted by molar-refractivity contribution is 6.31. The fourth-order valence-corrected chi connectivity index (χ4v) is 2.83. The monoisotopic (exact) mass is 299 g/mol. The van der Waals surface area contributed by atoms with E-state index in [-0.39, 0.29) is 6.10 Å². The van der Waals surface area contributed by atoms with Crippen LogP contribution in [0.3, 0.4) is 0 Å². The van der Waals surface area contributed by atoms with Gasteiger partial charge in [0.15, 0.2) is 11.5 Å². The molecule has 112 valence electrons. The molecule has 1 aromatic carbocycles. The number of ether oxygens (including phenoxy) is 2. The van der Waals surface area contributed by atoms with Crippen LogP contribution in [0, 0.1) is 0 Å². The number of rotatable bonds is 6. The molecule has 1 aromatic rings. The fourth-order valence-electron chi connectivity index (χ4n) is 2.55. The molecule has 20 heavy (non-hydrogen) atoms. The van der Waals surface area contributed by atoms with Crippen LogP contribution in [0.15, 0.2) is 12.1 Å². The quantitative estimate of drug-likeness (QED) is 0.848. The van der Waals surface area contributed by atoms with Gasteiger partial charge in [-0.3, -0.25) is 0 Å². The summed E-state index contributed by atoms with van der Waals surface area (Å²) in [6, 6.07) is 3.50. The number of benzene rings is 1. The van der Waals surface area contributed by atoms with E-state index in [1.807, 2.05) is 0 Å². The van der Waals surface area contributed by atoms with Crippen molar-refractivity contribution in [1.29, 1.82) is 0 Å². The van der Waals surface area contributed by atoms with Crippen molar-refractivity contribution in [2.24, 2.45) is 0 Å². The van der Waals surface area contributed by atoms with E-state index in [1.54, 1.807) is 26.3 Å². The third-order valence-corrected chi connectivity index (χ3v) is 3.96. The predicted molar refractivity (Wildman–Crippen MR) is 79.8 cm³/mol. The molecular formula is C15H22ClNO3. The molecule has 1 saturated carbocycles. The summed E-state index contributed by atoms with van der Waals surface area (Å²) in [4.78, 5) is 0. The van der Waals surface area contributed by atoms with E-state index in [0.29, 0.717) is 28.6 Å². The molecule has 0 spiro atoms. The lowest BCUT2D eigenvalue weighted by Crippen LogP contribution is -2.17. The maximum Gasteiger partial charge on any atom is 0.163 e. The number of likely N-dealkylation sites (N-methyl/N-ethyl adjacent to an activating group) is 1. The van der Waals surface area contributed by atoms with Gasteiger partial charge >= 0.3 is 0 Å². The van der Waals surface area contributed by atoms with Gasteiger partial charge in [-0.15, -0.1) is 0 Å². The highest BCUT2D eigenvalue weighted by Crippen LogP contribution is 2.37. The van der Waals surface area contributed by atoms with Crippen LogP contribution in [0.2, 0.25) is 5.02 Å². The molecule has 2 N–H and O–H groups in total. The zero-order valence-electron chi connectivity index (χ0n) is 12.0. The minimum absolute atomic E-state index is 0.244. The maximum atomic E-state index is 10.1. The topological polar surface area (TPSA) is 50.7 Å². The largest absolute Gasteiger partial charge is 0.493 e. The summed E-state index contributed by atoms with van der Waals surface area (Å²) in [5.41, 5.74) is 0.650. The predicted octanol–water partition coefficient (Wildman–Crippen LogP) is 2.92. The first-order valence-corrected chi connectivity index (χ1v) is 7.40. The Morgan fingerprint density at radius 3 is 2.65 bits per heavy atom. The second kappa shape index (κ2) is 7.16. The molecule has 4 nitrogen and oxygen atoms in total. The highest BCUT2D eigenvalue weighted by Gasteiger charge is 2.21. The third-order valence-electron chi connectivity index (χ3n) is 3.64. The van der Waals surface area contributed by atoms with Gasteiger partial charge in [-0.05, 0) is 38.8 Å². The van der Waals surface area contributed by atoms with E-state index in [4.69, 9.17) is 21.1 Å². The van der Waals surface area contributed by atoms with E-state index in [9.17, 15) is 5.11 Å². The number of nitrogens with one attached hydrogen (secondary N) is 1. The molecule has 0 aromatic heterocycles. The SMILES string of the molecule is CNCC(O)c1cc(OC)c(OC2CCCC2)cc1Cl. The molecular weight excluding hydrogens is 278 g/mol. The van der Waals surface area contributed by atoms with E-state index in [2.05, 4.69) is 5.32 Å². The van der Waals surface area contributed by atoms with Gasteiger partial charge in [-0.1, -0.05) is 11.6 Å². The van der Waals surface area contributed by atoms with Crippen LogP contribution in [0.25, 0.3) is 0 Å². The minimum atomic E-state index is -0.665. The number of aliphatic hydroxyl groups is 1. The zero-order valence-corrected chi connectivity index (χ0v) is 12.7. The average Bonchev–Trinajstić information content (AvgIpc) is 2.92. The number of hydrogen-bond acceptors (Lipinski definition) is 4. The van der Waals surface area contributed by atoms with Gasteiger partial charge in [0, 0.05) is 18.2 Å². The van der Waals surface area contributed by atoms with E-state index in [0.717, 1.165) is 12.8 Å². The lowest BCUT2D eigenvalue weighted by molar-refractivity contribution is 0.176. The van der Waals surface area contributed by atoms with E-state index < -0.39 is 6.10 Å². The Labute approximate surface area is 125 Å². The smallest absolute Gasteiger partial charge is 0.163 e. The Bertz CT molecular complexity index is 447. The molecule has 1 atom stereocenters. The van der Waals surface area contributed by atoms with Gasteiger partial charge in [0.2, 0.25) is 0 Å². The lowest BCUT2D eigenvalue weighted by Gasteiger charge is -2.19.